The number of halogens is 4. The van der Waals surface area contributed by atoms with Crippen LogP contribution in [0.15, 0.2) is 54.6 Å². The van der Waals surface area contributed by atoms with E-state index in [0.717, 1.165) is 35.9 Å². The molecule has 10 heteroatoms. The zero-order valence-electron chi connectivity index (χ0n) is 17.7. The lowest BCUT2D eigenvalue weighted by Crippen LogP contribution is -2.29. The van der Waals surface area contributed by atoms with Crippen molar-refractivity contribution in [1.29, 1.82) is 0 Å². The van der Waals surface area contributed by atoms with Gasteiger partial charge in [-0.25, -0.2) is 9.48 Å². The number of nitrogens with zero attached hydrogens (tertiary/aromatic N) is 3. The summed E-state index contributed by atoms with van der Waals surface area (Å²) >= 11 is 5.97. The van der Waals surface area contributed by atoms with Crippen molar-refractivity contribution in [3.05, 3.63) is 76.6 Å². The Morgan fingerprint density at radius 2 is 1.79 bits per heavy atom. The Bertz CT molecular complexity index is 1110. The van der Waals surface area contributed by atoms with E-state index in [4.69, 9.17) is 11.6 Å². The van der Waals surface area contributed by atoms with Crippen LogP contribution in [0.2, 0.25) is 5.02 Å². The Hall–Kier alpha value is -3.04. The van der Waals surface area contributed by atoms with Crippen molar-refractivity contribution in [2.45, 2.75) is 32.1 Å². The predicted octanol–water partition coefficient (Wildman–Crippen LogP) is 5.46. The Balaban J connectivity index is 1.40. The highest BCUT2D eigenvalue weighted by Crippen LogP contribution is 2.30. The third-order valence-corrected chi connectivity index (χ3v) is 5.61. The van der Waals surface area contributed by atoms with Crippen LogP contribution in [-0.4, -0.2) is 33.8 Å². The van der Waals surface area contributed by atoms with Gasteiger partial charge in [-0.2, -0.15) is 18.3 Å². The summed E-state index contributed by atoms with van der Waals surface area (Å²) in [7, 11) is 0. The summed E-state index contributed by atoms with van der Waals surface area (Å²) in [5.74, 6) is 0. The van der Waals surface area contributed by atoms with Crippen LogP contribution in [0.4, 0.5) is 23.7 Å². The Morgan fingerprint density at radius 1 is 1.06 bits per heavy atom. The maximum atomic E-state index is 13.2. The van der Waals surface area contributed by atoms with E-state index < -0.39 is 17.9 Å². The van der Waals surface area contributed by atoms with Crippen molar-refractivity contribution in [3.8, 4) is 5.69 Å². The lowest BCUT2D eigenvalue weighted by Gasteiger charge is -2.15. The second-order valence-corrected chi connectivity index (χ2v) is 8.33. The summed E-state index contributed by atoms with van der Waals surface area (Å²) in [5, 5.41) is 9.32. The van der Waals surface area contributed by atoms with Crippen molar-refractivity contribution in [3.63, 3.8) is 0 Å². The molecule has 174 valence electrons. The van der Waals surface area contributed by atoms with Gasteiger partial charge in [0.1, 0.15) is 0 Å². The van der Waals surface area contributed by atoms with Crippen LogP contribution in [0.3, 0.4) is 0 Å². The number of carbonyl (C=O) groups excluding carboxylic acids is 1. The van der Waals surface area contributed by atoms with Gasteiger partial charge in [-0.1, -0.05) is 29.8 Å². The van der Waals surface area contributed by atoms with Crippen LogP contribution >= 0.6 is 11.6 Å². The molecular weight excluding hydrogens is 455 g/mol. The van der Waals surface area contributed by atoms with Gasteiger partial charge < -0.3 is 10.6 Å². The number of urea groups is 1. The van der Waals surface area contributed by atoms with E-state index in [-0.39, 0.29) is 12.2 Å². The molecule has 0 radical (unpaired) electrons. The van der Waals surface area contributed by atoms with E-state index in [1.807, 2.05) is 24.3 Å². The van der Waals surface area contributed by atoms with E-state index in [0.29, 0.717) is 16.4 Å². The first kappa shape index (κ1) is 23.1. The van der Waals surface area contributed by atoms with E-state index in [9.17, 15) is 18.0 Å². The van der Waals surface area contributed by atoms with Gasteiger partial charge in [0, 0.05) is 17.3 Å². The van der Waals surface area contributed by atoms with Gasteiger partial charge in [0.05, 0.1) is 17.9 Å². The standard InChI is InChI=1S/C23H23ClF3N5O/c24-17-4-3-5-19(12-17)32-20(13-21(30-32)23(25,26)27)14-28-22(33)29-18-8-6-16(7-9-18)15-31-10-1-2-11-31/h3-9,12-13H,1-2,10-11,14-15H2,(H2,28,29,33). The smallest absolute Gasteiger partial charge is 0.332 e. The van der Waals surface area contributed by atoms with E-state index in [1.54, 1.807) is 18.2 Å². The first-order chi connectivity index (χ1) is 15.8. The molecular formula is C23H23ClF3N5O. The highest BCUT2D eigenvalue weighted by molar-refractivity contribution is 6.30. The number of rotatable bonds is 6. The Morgan fingerprint density at radius 3 is 2.45 bits per heavy atom. The van der Waals surface area contributed by atoms with Gasteiger partial charge >= 0.3 is 12.2 Å². The number of nitrogens with one attached hydrogen (secondary N) is 2. The topological polar surface area (TPSA) is 62.2 Å². The fourth-order valence-corrected chi connectivity index (χ4v) is 3.94. The summed E-state index contributed by atoms with van der Waals surface area (Å²) < 4.78 is 40.8. The van der Waals surface area contributed by atoms with Gasteiger partial charge in [0.25, 0.3) is 0 Å². The number of alkyl halides is 3. The van der Waals surface area contributed by atoms with Crippen molar-refractivity contribution in [1.82, 2.24) is 20.0 Å². The zero-order chi connectivity index (χ0) is 23.4. The fraction of sp³-hybridized carbons (Fsp3) is 0.304. The zero-order valence-corrected chi connectivity index (χ0v) is 18.5. The molecule has 6 nitrogen and oxygen atoms in total. The van der Waals surface area contributed by atoms with Gasteiger partial charge in [-0.05, 0) is 67.9 Å². The van der Waals surface area contributed by atoms with Crippen molar-refractivity contribution in [2.24, 2.45) is 0 Å². The Labute approximate surface area is 194 Å². The lowest BCUT2D eigenvalue weighted by molar-refractivity contribution is -0.141. The van der Waals surface area contributed by atoms with Crippen LogP contribution in [0.1, 0.15) is 29.8 Å². The normalized spacial score (nSPS) is 14.4. The van der Waals surface area contributed by atoms with E-state index >= 15 is 0 Å². The average molecular weight is 478 g/mol. The monoisotopic (exact) mass is 477 g/mol. The molecule has 0 unspecified atom stereocenters. The number of amides is 2. The molecule has 0 saturated carbocycles. The number of benzene rings is 2. The van der Waals surface area contributed by atoms with Crippen LogP contribution in [0, 0.1) is 0 Å². The molecule has 1 aliphatic rings. The van der Waals surface area contributed by atoms with Crippen LogP contribution in [-0.2, 0) is 19.3 Å². The largest absolute Gasteiger partial charge is 0.435 e. The second kappa shape index (κ2) is 9.84. The summed E-state index contributed by atoms with van der Waals surface area (Å²) in [6.07, 6.45) is -2.17. The van der Waals surface area contributed by atoms with Gasteiger partial charge in [-0.15, -0.1) is 0 Å². The highest BCUT2D eigenvalue weighted by Gasteiger charge is 2.35. The molecule has 1 aliphatic heterocycles. The molecule has 1 fully saturated rings. The predicted molar refractivity (Wildman–Crippen MR) is 120 cm³/mol. The summed E-state index contributed by atoms with van der Waals surface area (Å²) in [5.41, 5.74) is 1.24. The maximum absolute atomic E-state index is 13.2. The molecule has 3 aromatic rings. The maximum Gasteiger partial charge on any atom is 0.435 e. The molecule has 2 aromatic carbocycles. The second-order valence-electron chi connectivity index (χ2n) is 7.90. The first-order valence-electron chi connectivity index (χ1n) is 10.6. The minimum atomic E-state index is -4.61. The molecule has 2 amide bonds. The molecule has 0 atom stereocenters. The first-order valence-corrected chi connectivity index (χ1v) is 10.9. The van der Waals surface area contributed by atoms with Crippen molar-refractivity contribution >= 4 is 23.3 Å². The molecule has 2 N–H and O–H groups in total. The van der Waals surface area contributed by atoms with Gasteiger partial charge in [0.15, 0.2) is 5.69 Å². The number of carbonyl (C=O) groups is 1. The van der Waals surface area contributed by atoms with Gasteiger partial charge in [-0.3, -0.25) is 4.90 Å². The van der Waals surface area contributed by atoms with E-state index in [1.165, 1.54) is 18.9 Å². The highest BCUT2D eigenvalue weighted by atomic mass is 35.5. The molecule has 33 heavy (non-hydrogen) atoms. The lowest BCUT2D eigenvalue weighted by atomic mass is 10.2. The third kappa shape index (κ3) is 6.06. The summed E-state index contributed by atoms with van der Waals surface area (Å²) in [6.45, 7) is 2.92. The van der Waals surface area contributed by atoms with Crippen molar-refractivity contribution < 1.29 is 18.0 Å². The molecule has 2 heterocycles. The van der Waals surface area contributed by atoms with E-state index in [2.05, 4.69) is 20.6 Å². The van der Waals surface area contributed by atoms with Crippen LogP contribution in [0.25, 0.3) is 5.69 Å². The third-order valence-electron chi connectivity index (χ3n) is 5.37. The molecule has 4 rings (SSSR count). The molecule has 0 aliphatic carbocycles. The number of hydrogen-bond acceptors (Lipinski definition) is 3. The van der Waals surface area contributed by atoms with Gasteiger partial charge in [0.2, 0.25) is 0 Å². The minimum absolute atomic E-state index is 0.158. The molecule has 0 bridgehead atoms. The van der Waals surface area contributed by atoms with Crippen molar-refractivity contribution in [2.75, 3.05) is 18.4 Å². The Kier molecular flexibility index (Phi) is 6.90. The number of likely N-dealkylation sites (tertiary alicyclic amines) is 1. The molecule has 1 aromatic heterocycles. The number of hydrogen-bond donors (Lipinski definition) is 2. The molecule has 1 saturated heterocycles. The van der Waals surface area contributed by atoms with Crippen LogP contribution < -0.4 is 10.6 Å². The molecule has 0 spiro atoms. The quantitative estimate of drug-likeness (QED) is 0.495. The minimum Gasteiger partial charge on any atom is -0.332 e. The SMILES string of the molecule is O=C(NCc1cc(C(F)(F)F)nn1-c1cccc(Cl)c1)Nc1ccc(CN2CCCC2)cc1. The number of anilines is 1. The van der Waals surface area contributed by atoms with Crippen LogP contribution in [0.5, 0.6) is 0 Å². The average Bonchev–Trinajstić information content (AvgIpc) is 3.43. The number of aromatic nitrogens is 2. The fourth-order valence-electron chi connectivity index (χ4n) is 3.75. The summed E-state index contributed by atoms with van der Waals surface area (Å²) in [4.78, 5) is 14.7. The summed E-state index contributed by atoms with van der Waals surface area (Å²) in [6, 6.07) is 14.2.